The molecule has 3 nitrogen and oxygen atoms in total. The van der Waals surface area contributed by atoms with E-state index in [2.05, 4.69) is 16.0 Å². The van der Waals surface area contributed by atoms with Gasteiger partial charge in [-0.05, 0) is 25.1 Å². The molecule has 0 radical (unpaired) electrons. The van der Waals surface area contributed by atoms with E-state index in [0.29, 0.717) is 22.5 Å². The van der Waals surface area contributed by atoms with Gasteiger partial charge in [0, 0.05) is 11.3 Å². The second-order valence-electron chi connectivity index (χ2n) is 4.80. The van der Waals surface area contributed by atoms with Gasteiger partial charge in [0.2, 0.25) is 0 Å². The number of aryl methyl sites for hydroxylation is 1. The Morgan fingerprint density at radius 1 is 1.18 bits per heavy atom. The number of hydrogen-bond donors (Lipinski definition) is 0. The van der Waals surface area contributed by atoms with Crippen LogP contribution in [0.25, 0.3) is 16.9 Å². The van der Waals surface area contributed by atoms with Crippen molar-refractivity contribution >= 4 is 5.65 Å². The minimum Gasteiger partial charge on any atom is -0.227 e. The lowest BCUT2D eigenvalue weighted by Gasteiger charge is -2.08. The topological polar surface area (TPSA) is 30.2 Å². The smallest absolute Gasteiger partial charge is 0.227 e. The van der Waals surface area contributed by atoms with Crippen LogP contribution in [0.3, 0.4) is 0 Å². The Balaban J connectivity index is 2.12. The Hall–Kier alpha value is -2.81. The van der Waals surface area contributed by atoms with E-state index in [9.17, 15) is 13.2 Å². The maximum Gasteiger partial charge on any atom is 0.416 e. The van der Waals surface area contributed by atoms with Crippen LogP contribution >= 0.6 is 0 Å². The van der Waals surface area contributed by atoms with Crippen molar-refractivity contribution in [2.75, 3.05) is 0 Å². The van der Waals surface area contributed by atoms with Crippen molar-refractivity contribution < 1.29 is 13.2 Å². The molecule has 0 amide bonds. The average molecular weight is 301 g/mol. The van der Waals surface area contributed by atoms with Gasteiger partial charge < -0.3 is 0 Å². The second-order valence-corrected chi connectivity index (χ2v) is 4.80. The van der Waals surface area contributed by atoms with Crippen LogP contribution in [0.1, 0.15) is 16.8 Å². The predicted octanol–water partition coefficient (Wildman–Crippen LogP) is 3.70. The quantitative estimate of drug-likeness (QED) is 0.641. The molecule has 0 spiro atoms. The van der Waals surface area contributed by atoms with Crippen molar-refractivity contribution in [1.29, 1.82) is 0 Å². The lowest BCUT2D eigenvalue weighted by molar-refractivity contribution is -0.137. The number of fused-ring (bicyclic) bond motifs is 1. The van der Waals surface area contributed by atoms with E-state index in [1.807, 2.05) is 6.92 Å². The van der Waals surface area contributed by atoms with E-state index in [-0.39, 0.29) is 0 Å². The standard InChI is InChI=1S/C16H10F3N3/c1-3-11-9-20-22-10(2)8-14(21-15(11)22)12-4-6-13(7-5-12)16(17,18)19/h1,4-9H,2H3. The van der Waals surface area contributed by atoms with Crippen LogP contribution in [-0.4, -0.2) is 14.6 Å². The largest absolute Gasteiger partial charge is 0.416 e. The van der Waals surface area contributed by atoms with Gasteiger partial charge in [0.25, 0.3) is 0 Å². The number of halogens is 3. The van der Waals surface area contributed by atoms with Crippen molar-refractivity contribution in [1.82, 2.24) is 14.6 Å². The number of aromatic nitrogens is 3. The van der Waals surface area contributed by atoms with Gasteiger partial charge in [-0.1, -0.05) is 18.1 Å². The molecule has 0 unspecified atom stereocenters. The van der Waals surface area contributed by atoms with Crippen molar-refractivity contribution in [2.24, 2.45) is 0 Å². The summed E-state index contributed by atoms with van der Waals surface area (Å²) in [6.07, 6.45) is 2.58. The van der Waals surface area contributed by atoms with E-state index < -0.39 is 11.7 Å². The summed E-state index contributed by atoms with van der Waals surface area (Å²) in [7, 11) is 0. The molecule has 0 saturated heterocycles. The number of benzene rings is 1. The number of rotatable bonds is 1. The van der Waals surface area contributed by atoms with Crippen molar-refractivity contribution in [3.8, 4) is 23.6 Å². The van der Waals surface area contributed by atoms with Crippen LogP contribution in [0.4, 0.5) is 13.2 Å². The molecule has 2 heterocycles. The molecule has 0 atom stereocenters. The fourth-order valence-electron chi connectivity index (χ4n) is 2.19. The first-order valence-corrected chi connectivity index (χ1v) is 6.40. The third-order valence-corrected chi connectivity index (χ3v) is 3.31. The molecular formula is C16H10F3N3. The van der Waals surface area contributed by atoms with Crippen molar-refractivity contribution in [2.45, 2.75) is 13.1 Å². The fraction of sp³-hybridized carbons (Fsp3) is 0.125. The first kappa shape index (κ1) is 14.1. The Morgan fingerprint density at radius 2 is 1.86 bits per heavy atom. The number of alkyl halides is 3. The van der Waals surface area contributed by atoms with Gasteiger partial charge in [-0.3, -0.25) is 0 Å². The van der Waals surface area contributed by atoms with Gasteiger partial charge in [-0.15, -0.1) is 6.42 Å². The highest BCUT2D eigenvalue weighted by atomic mass is 19.4. The second kappa shape index (κ2) is 4.88. The Labute approximate surface area is 124 Å². The molecule has 0 bridgehead atoms. The summed E-state index contributed by atoms with van der Waals surface area (Å²) in [4.78, 5) is 4.41. The van der Waals surface area contributed by atoms with Crippen molar-refractivity contribution in [3.63, 3.8) is 0 Å². The normalized spacial score (nSPS) is 11.6. The zero-order chi connectivity index (χ0) is 15.9. The molecule has 22 heavy (non-hydrogen) atoms. The average Bonchev–Trinajstić information content (AvgIpc) is 2.90. The summed E-state index contributed by atoms with van der Waals surface area (Å²) < 4.78 is 39.4. The Bertz CT molecular complexity index is 884. The van der Waals surface area contributed by atoms with E-state index in [4.69, 9.17) is 6.42 Å². The number of terminal acetylenes is 1. The molecule has 6 heteroatoms. The molecule has 0 N–H and O–H groups in total. The molecule has 0 saturated carbocycles. The van der Waals surface area contributed by atoms with Crippen LogP contribution < -0.4 is 0 Å². The summed E-state index contributed by atoms with van der Waals surface area (Å²) in [5.74, 6) is 2.49. The first-order valence-electron chi connectivity index (χ1n) is 6.40. The summed E-state index contributed by atoms with van der Waals surface area (Å²) in [6, 6.07) is 6.62. The minimum absolute atomic E-state index is 0.511. The SMILES string of the molecule is C#Cc1cnn2c(C)cc(-c3ccc(C(F)(F)F)cc3)nc12. The monoisotopic (exact) mass is 301 g/mol. The predicted molar refractivity (Wildman–Crippen MR) is 76.1 cm³/mol. The summed E-state index contributed by atoms with van der Waals surface area (Å²) in [5, 5.41) is 4.13. The third-order valence-electron chi connectivity index (χ3n) is 3.31. The maximum absolute atomic E-state index is 12.6. The lowest BCUT2D eigenvalue weighted by atomic mass is 10.1. The van der Waals surface area contributed by atoms with Gasteiger partial charge in [-0.25, -0.2) is 9.50 Å². The van der Waals surface area contributed by atoms with Crippen molar-refractivity contribution in [3.05, 3.63) is 53.3 Å². The van der Waals surface area contributed by atoms with E-state index in [1.54, 1.807) is 10.6 Å². The molecule has 110 valence electrons. The Kier molecular flexibility index (Phi) is 3.14. The maximum atomic E-state index is 12.6. The van der Waals surface area contributed by atoms with E-state index in [1.165, 1.54) is 18.3 Å². The molecule has 2 aromatic heterocycles. The Morgan fingerprint density at radius 3 is 2.45 bits per heavy atom. The van der Waals surface area contributed by atoms with Crippen LogP contribution in [-0.2, 0) is 6.18 Å². The van der Waals surface area contributed by atoms with Gasteiger partial charge >= 0.3 is 6.18 Å². The van der Waals surface area contributed by atoms with Gasteiger partial charge in [0.05, 0.1) is 23.0 Å². The molecule has 3 rings (SSSR count). The highest BCUT2D eigenvalue weighted by Gasteiger charge is 2.30. The van der Waals surface area contributed by atoms with Gasteiger partial charge in [-0.2, -0.15) is 18.3 Å². The third kappa shape index (κ3) is 2.31. The summed E-state index contributed by atoms with van der Waals surface area (Å²) >= 11 is 0. The number of nitrogens with zero attached hydrogens (tertiary/aromatic N) is 3. The van der Waals surface area contributed by atoms with Gasteiger partial charge in [0.1, 0.15) is 0 Å². The number of hydrogen-bond acceptors (Lipinski definition) is 2. The molecular weight excluding hydrogens is 291 g/mol. The highest BCUT2D eigenvalue weighted by Crippen LogP contribution is 2.31. The summed E-state index contributed by atoms with van der Waals surface area (Å²) in [6.45, 7) is 1.83. The van der Waals surface area contributed by atoms with Crippen LogP contribution in [0.5, 0.6) is 0 Å². The van der Waals surface area contributed by atoms with E-state index >= 15 is 0 Å². The van der Waals surface area contributed by atoms with Crippen LogP contribution in [0.2, 0.25) is 0 Å². The van der Waals surface area contributed by atoms with Gasteiger partial charge in [0.15, 0.2) is 5.65 Å². The molecule has 0 fully saturated rings. The molecule has 0 aliphatic rings. The lowest BCUT2D eigenvalue weighted by Crippen LogP contribution is -2.04. The molecule has 0 aliphatic carbocycles. The minimum atomic E-state index is -4.35. The molecule has 1 aromatic carbocycles. The highest BCUT2D eigenvalue weighted by molar-refractivity contribution is 5.66. The zero-order valence-electron chi connectivity index (χ0n) is 11.5. The fourth-order valence-corrected chi connectivity index (χ4v) is 2.19. The van der Waals surface area contributed by atoms with Crippen LogP contribution in [0, 0.1) is 19.3 Å². The first-order chi connectivity index (χ1) is 10.4. The van der Waals surface area contributed by atoms with Crippen LogP contribution in [0.15, 0.2) is 36.5 Å². The molecule has 3 aromatic rings. The molecule has 0 aliphatic heterocycles. The zero-order valence-corrected chi connectivity index (χ0v) is 11.5. The summed E-state index contributed by atoms with van der Waals surface area (Å²) in [5.41, 5.74) is 2.29. The van der Waals surface area contributed by atoms with E-state index in [0.717, 1.165) is 17.8 Å².